The number of sulfonamides is 1. The third kappa shape index (κ3) is 5.74. The zero-order valence-electron chi connectivity index (χ0n) is 16.2. The van der Waals surface area contributed by atoms with Crippen molar-refractivity contribution in [3.63, 3.8) is 0 Å². The van der Waals surface area contributed by atoms with Gasteiger partial charge in [0.15, 0.2) is 0 Å². The van der Waals surface area contributed by atoms with E-state index in [2.05, 4.69) is 5.32 Å². The fraction of sp³-hybridized carbons (Fsp3) is 0.0952. The summed E-state index contributed by atoms with van der Waals surface area (Å²) in [6.07, 6.45) is -0.335. The van der Waals surface area contributed by atoms with Crippen molar-refractivity contribution < 1.29 is 22.3 Å². The van der Waals surface area contributed by atoms with Crippen LogP contribution < -0.4 is 15.2 Å². The van der Waals surface area contributed by atoms with Crippen LogP contribution in [0.3, 0.4) is 0 Å². The third-order valence-electron chi connectivity index (χ3n) is 4.27. The predicted octanol–water partition coefficient (Wildman–Crippen LogP) is 5.06. The summed E-state index contributed by atoms with van der Waals surface area (Å²) in [5.74, 6) is -0.900. The standard InChI is InChI=1S/C21H17Cl2FN2O4S/c1-12-5-7-17(23)16(21(12)24)11-20(27)26-14-6-8-18(19(10-14)31(25,28)29)30-15-4-2-3-13(22)9-15/h2-10H,11H2,1H3,(H,26,27)(H2,25,28,29). The molecule has 3 aromatic carbocycles. The molecule has 31 heavy (non-hydrogen) atoms. The van der Waals surface area contributed by atoms with Gasteiger partial charge < -0.3 is 10.1 Å². The van der Waals surface area contributed by atoms with Gasteiger partial charge in [-0.05, 0) is 55.0 Å². The lowest BCUT2D eigenvalue weighted by Gasteiger charge is -2.13. The first kappa shape index (κ1) is 23.0. The van der Waals surface area contributed by atoms with E-state index in [9.17, 15) is 17.6 Å². The van der Waals surface area contributed by atoms with Crippen LogP contribution in [0, 0.1) is 12.7 Å². The van der Waals surface area contributed by atoms with Gasteiger partial charge >= 0.3 is 0 Å². The lowest BCUT2D eigenvalue weighted by molar-refractivity contribution is -0.115. The summed E-state index contributed by atoms with van der Waals surface area (Å²) in [6, 6.07) is 13.3. The van der Waals surface area contributed by atoms with Crippen LogP contribution in [0.25, 0.3) is 0 Å². The van der Waals surface area contributed by atoms with Crippen molar-refractivity contribution in [2.75, 3.05) is 5.32 Å². The Balaban J connectivity index is 1.86. The van der Waals surface area contributed by atoms with Gasteiger partial charge in [-0.15, -0.1) is 0 Å². The molecule has 6 nitrogen and oxygen atoms in total. The zero-order chi connectivity index (χ0) is 22.8. The number of anilines is 1. The topological polar surface area (TPSA) is 98.5 Å². The second-order valence-electron chi connectivity index (χ2n) is 6.65. The lowest BCUT2D eigenvalue weighted by atomic mass is 10.1. The fourth-order valence-corrected chi connectivity index (χ4v) is 3.87. The molecule has 0 aliphatic heterocycles. The molecule has 0 bridgehead atoms. The average molecular weight is 483 g/mol. The monoisotopic (exact) mass is 482 g/mol. The summed E-state index contributed by atoms with van der Waals surface area (Å²) in [4.78, 5) is 12.1. The van der Waals surface area contributed by atoms with E-state index < -0.39 is 21.7 Å². The molecule has 0 radical (unpaired) electrons. The van der Waals surface area contributed by atoms with E-state index >= 15 is 0 Å². The number of halogens is 3. The van der Waals surface area contributed by atoms with Gasteiger partial charge in [-0.2, -0.15) is 0 Å². The minimum atomic E-state index is -4.19. The van der Waals surface area contributed by atoms with Crippen LogP contribution in [0.1, 0.15) is 11.1 Å². The average Bonchev–Trinajstić information content (AvgIpc) is 2.69. The fourth-order valence-electron chi connectivity index (χ4n) is 2.79. The highest BCUT2D eigenvalue weighted by Crippen LogP contribution is 2.32. The molecule has 0 spiro atoms. The molecule has 0 fully saturated rings. The summed E-state index contributed by atoms with van der Waals surface area (Å²) in [6.45, 7) is 1.56. The maximum absolute atomic E-state index is 14.3. The molecule has 0 saturated carbocycles. The van der Waals surface area contributed by atoms with Gasteiger partial charge in [-0.3, -0.25) is 4.79 Å². The molecule has 1 amide bonds. The number of rotatable bonds is 6. The van der Waals surface area contributed by atoms with Crippen LogP contribution in [0.5, 0.6) is 11.5 Å². The number of nitrogens with two attached hydrogens (primary N) is 1. The number of benzene rings is 3. The number of nitrogens with one attached hydrogen (secondary N) is 1. The summed E-state index contributed by atoms with van der Waals surface area (Å²) in [5, 5.41) is 8.35. The summed E-state index contributed by atoms with van der Waals surface area (Å²) in [7, 11) is -4.19. The Labute approximate surface area is 188 Å². The predicted molar refractivity (Wildman–Crippen MR) is 118 cm³/mol. The van der Waals surface area contributed by atoms with Gasteiger partial charge in [0.2, 0.25) is 15.9 Å². The van der Waals surface area contributed by atoms with Crippen molar-refractivity contribution in [3.05, 3.63) is 81.6 Å². The molecule has 162 valence electrons. The van der Waals surface area contributed by atoms with Crippen molar-refractivity contribution in [3.8, 4) is 11.5 Å². The Morgan fingerprint density at radius 1 is 1.13 bits per heavy atom. The highest BCUT2D eigenvalue weighted by molar-refractivity contribution is 7.89. The van der Waals surface area contributed by atoms with Crippen LogP contribution in [0.4, 0.5) is 10.1 Å². The normalized spacial score (nSPS) is 11.3. The van der Waals surface area contributed by atoms with Gasteiger partial charge in [0, 0.05) is 21.3 Å². The Kier molecular flexibility index (Phi) is 6.86. The zero-order valence-corrected chi connectivity index (χ0v) is 18.5. The number of amides is 1. The molecule has 3 aromatic rings. The van der Waals surface area contributed by atoms with E-state index in [4.69, 9.17) is 33.1 Å². The number of carbonyl (C=O) groups is 1. The summed E-state index contributed by atoms with van der Waals surface area (Å²) >= 11 is 11.9. The molecule has 0 aliphatic carbocycles. The van der Waals surface area contributed by atoms with Crippen LogP contribution in [-0.2, 0) is 21.2 Å². The molecule has 3 N–H and O–H groups in total. The Hall–Kier alpha value is -2.65. The van der Waals surface area contributed by atoms with Crippen molar-refractivity contribution in [2.45, 2.75) is 18.2 Å². The number of ether oxygens (including phenoxy) is 1. The summed E-state index contributed by atoms with van der Waals surface area (Å²) < 4.78 is 44.0. The van der Waals surface area contributed by atoms with Crippen LogP contribution in [0.15, 0.2) is 59.5 Å². The minimum Gasteiger partial charge on any atom is -0.456 e. The van der Waals surface area contributed by atoms with Gasteiger partial charge in [0.25, 0.3) is 0 Å². The first-order valence-electron chi connectivity index (χ1n) is 8.88. The van der Waals surface area contributed by atoms with Crippen LogP contribution in [0.2, 0.25) is 10.0 Å². The molecule has 0 unspecified atom stereocenters. The van der Waals surface area contributed by atoms with E-state index in [1.807, 2.05) is 0 Å². The third-order valence-corrected chi connectivity index (χ3v) is 5.80. The Morgan fingerprint density at radius 3 is 2.55 bits per heavy atom. The van der Waals surface area contributed by atoms with Gasteiger partial charge in [0.05, 0.1) is 6.42 Å². The van der Waals surface area contributed by atoms with Gasteiger partial charge in [0.1, 0.15) is 22.2 Å². The van der Waals surface area contributed by atoms with Crippen molar-refractivity contribution in [2.24, 2.45) is 5.14 Å². The van der Waals surface area contributed by atoms with E-state index in [1.165, 1.54) is 30.3 Å². The van der Waals surface area contributed by atoms with Crippen molar-refractivity contribution in [1.29, 1.82) is 0 Å². The molecule has 0 atom stereocenters. The number of aryl methyl sites for hydroxylation is 1. The van der Waals surface area contributed by atoms with E-state index in [0.717, 1.165) is 6.07 Å². The first-order valence-corrected chi connectivity index (χ1v) is 11.2. The van der Waals surface area contributed by atoms with E-state index in [0.29, 0.717) is 16.3 Å². The minimum absolute atomic E-state index is 0.0458. The Morgan fingerprint density at radius 2 is 1.87 bits per heavy atom. The summed E-state index contributed by atoms with van der Waals surface area (Å²) in [5.41, 5.74) is 0.537. The largest absolute Gasteiger partial charge is 0.456 e. The highest BCUT2D eigenvalue weighted by atomic mass is 35.5. The molecule has 0 saturated heterocycles. The lowest BCUT2D eigenvalue weighted by Crippen LogP contribution is -2.17. The van der Waals surface area contributed by atoms with Gasteiger partial charge in [-0.25, -0.2) is 17.9 Å². The second kappa shape index (κ2) is 9.23. The molecular formula is C21H17Cl2FN2O4S. The van der Waals surface area contributed by atoms with Gasteiger partial charge in [-0.1, -0.05) is 35.3 Å². The quantitative estimate of drug-likeness (QED) is 0.512. The molecular weight excluding hydrogens is 466 g/mol. The number of hydrogen-bond acceptors (Lipinski definition) is 4. The molecule has 3 rings (SSSR count). The maximum atomic E-state index is 14.3. The Bertz CT molecular complexity index is 1270. The molecule has 0 aromatic heterocycles. The van der Waals surface area contributed by atoms with Crippen molar-refractivity contribution >= 4 is 44.8 Å². The van der Waals surface area contributed by atoms with Crippen LogP contribution >= 0.6 is 23.2 Å². The van der Waals surface area contributed by atoms with Crippen LogP contribution in [-0.4, -0.2) is 14.3 Å². The SMILES string of the molecule is Cc1ccc(Cl)c(CC(=O)Nc2ccc(Oc3cccc(Cl)c3)c(S(N)(=O)=O)c2)c1F. The van der Waals surface area contributed by atoms with E-state index in [1.54, 1.807) is 25.1 Å². The van der Waals surface area contributed by atoms with E-state index in [-0.39, 0.29) is 33.3 Å². The number of primary sulfonamides is 1. The molecule has 0 aliphatic rings. The highest BCUT2D eigenvalue weighted by Gasteiger charge is 2.19. The first-order chi connectivity index (χ1) is 14.5. The molecule has 10 heteroatoms. The smallest absolute Gasteiger partial charge is 0.241 e. The second-order valence-corrected chi connectivity index (χ2v) is 9.02. The number of carbonyl (C=O) groups excluding carboxylic acids is 1. The number of hydrogen-bond donors (Lipinski definition) is 2. The van der Waals surface area contributed by atoms with Crippen molar-refractivity contribution in [1.82, 2.24) is 0 Å². The molecule has 0 heterocycles. The maximum Gasteiger partial charge on any atom is 0.241 e.